The van der Waals surface area contributed by atoms with Gasteiger partial charge in [-0.3, -0.25) is 10.2 Å². The van der Waals surface area contributed by atoms with Gasteiger partial charge in [-0.15, -0.1) is 0 Å². The van der Waals surface area contributed by atoms with Crippen LogP contribution in [0, 0.1) is 6.92 Å². The molecule has 0 atom stereocenters. The van der Waals surface area contributed by atoms with E-state index < -0.39 is 0 Å². The van der Waals surface area contributed by atoms with Gasteiger partial charge in [-0.1, -0.05) is 11.6 Å². The van der Waals surface area contributed by atoms with E-state index >= 15 is 0 Å². The molecule has 0 unspecified atom stereocenters. The van der Waals surface area contributed by atoms with Crippen molar-refractivity contribution >= 4 is 23.2 Å². The standard InChI is InChI=1S/C9H12ClN3O/c1-6-4-7(2-3-8(6)10)12-5-9(14)13-11/h2-4,12H,5,11H2,1H3,(H,13,14). The van der Waals surface area contributed by atoms with Crippen LogP contribution in [0.3, 0.4) is 0 Å². The third kappa shape index (κ3) is 2.90. The maximum Gasteiger partial charge on any atom is 0.253 e. The molecule has 76 valence electrons. The molecule has 0 saturated carbocycles. The molecule has 1 aromatic carbocycles. The van der Waals surface area contributed by atoms with E-state index in [2.05, 4.69) is 5.32 Å². The zero-order chi connectivity index (χ0) is 10.6. The largest absolute Gasteiger partial charge is 0.376 e. The number of carbonyl (C=O) groups excluding carboxylic acids is 1. The van der Waals surface area contributed by atoms with E-state index in [4.69, 9.17) is 17.4 Å². The zero-order valence-corrected chi connectivity index (χ0v) is 8.56. The topological polar surface area (TPSA) is 67.2 Å². The first kappa shape index (κ1) is 10.8. The number of hydrazine groups is 1. The van der Waals surface area contributed by atoms with Gasteiger partial charge in [0.05, 0.1) is 6.54 Å². The van der Waals surface area contributed by atoms with Crippen molar-refractivity contribution in [3.05, 3.63) is 28.8 Å². The zero-order valence-electron chi connectivity index (χ0n) is 7.80. The second-order valence-corrected chi connectivity index (χ2v) is 3.29. The predicted molar refractivity (Wildman–Crippen MR) is 57.0 cm³/mol. The predicted octanol–water partition coefficient (Wildman–Crippen LogP) is 1.05. The van der Waals surface area contributed by atoms with Gasteiger partial charge in [0.25, 0.3) is 5.91 Å². The number of carbonyl (C=O) groups is 1. The Labute approximate surface area is 87.4 Å². The number of rotatable bonds is 3. The van der Waals surface area contributed by atoms with Crippen LogP contribution in [0.2, 0.25) is 5.02 Å². The lowest BCUT2D eigenvalue weighted by Gasteiger charge is -2.06. The molecule has 0 radical (unpaired) electrons. The van der Waals surface area contributed by atoms with Crippen LogP contribution in [0.5, 0.6) is 0 Å². The van der Waals surface area contributed by atoms with E-state index in [0.29, 0.717) is 5.02 Å². The summed E-state index contributed by atoms with van der Waals surface area (Å²) < 4.78 is 0. The van der Waals surface area contributed by atoms with Gasteiger partial charge in [0.15, 0.2) is 0 Å². The van der Waals surface area contributed by atoms with Gasteiger partial charge in [0.1, 0.15) is 0 Å². The summed E-state index contributed by atoms with van der Waals surface area (Å²) in [6, 6.07) is 5.45. The number of aryl methyl sites for hydroxylation is 1. The summed E-state index contributed by atoms with van der Waals surface area (Å²) in [4.78, 5) is 10.8. The van der Waals surface area contributed by atoms with Crippen LogP contribution in [-0.4, -0.2) is 12.5 Å². The van der Waals surface area contributed by atoms with Crippen LogP contribution in [0.25, 0.3) is 0 Å². The second kappa shape index (κ2) is 4.83. The summed E-state index contributed by atoms with van der Waals surface area (Å²) in [5.41, 5.74) is 3.84. The lowest BCUT2D eigenvalue weighted by molar-refractivity contribution is -0.119. The summed E-state index contributed by atoms with van der Waals surface area (Å²) in [5, 5.41) is 3.62. The molecule has 0 aromatic heterocycles. The summed E-state index contributed by atoms with van der Waals surface area (Å²) >= 11 is 5.84. The average molecular weight is 214 g/mol. The Morgan fingerprint density at radius 3 is 2.86 bits per heavy atom. The average Bonchev–Trinajstić information content (AvgIpc) is 2.19. The van der Waals surface area contributed by atoms with Crippen LogP contribution < -0.4 is 16.6 Å². The molecule has 4 nitrogen and oxygen atoms in total. The van der Waals surface area contributed by atoms with E-state index in [1.807, 2.05) is 18.4 Å². The molecule has 0 fully saturated rings. The van der Waals surface area contributed by atoms with Gasteiger partial charge < -0.3 is 5.32 Å². The molecule has 1 rings (SSSR count). The van der Waals surface area contributed by atoms with Gasteiger partial charge >= 0.3 is 0 Å². The van der Waals surface area contributed by atoms with Gasteiger partial charge in [-0.05, 0) is 30.7 Å². The van der Waals surface area contributed by atoms with E-state index in [1.54, 1.807) is 12.1 Å². The smallest absolute Gasteiger partial charge is 0.253 e. The summed E-state index contributed by atoms with van der Waals surface area (Å²) in [5.74, 6) is 4.66. The Bertz CT molecular complexity index is 341. The first-order valence-corrected chi connectivity index (χ1v) is 4.50. The number of benzene rings is 1. The van der Waals surface area contributed by atoms with Crippen molar-refractivity contribution in [3.8, 4) is 0 Å². The fourth-order valence-corrected chi connectivity index (χ4v) is 1.11. The van der Waals surface area contributed by atoms with E-state index in [0.717, 1.165) is 11.3 Å². The molecular formula is C9H12ClN3O. The molecule has 0 bridgehead atoms. The summed E-state index contributed by atoms with van der Waals surface area (Å²) in [6.45, 7) is 2.05. The Morgan fingerprint density at radius 2 is 2.29 bits per heavy atom. The van der Waals surface area contributed by atoms with Crippen LogP contribution in [0.4, 0.5) is 5.69 Å². The minimum Gasteiger partial charge on any atom is -0.376 e. The van der Waals surface area contributed by atoms with Crippen LogP contribution >= 0.6 is 11.6 Å². The molecule has 0 aliphatic heterocycles. The number of halogens is 1. The monoisotopic (exact) mass is 213 g/mol. The van der Waals surface area contributed by atoms with Crippen molar-refractivity contribution in [1.29, 1.82) is 0 Å². The maximum atomic E-state index is 10.8. The Hall–Kier alpha value is -1.26. The minimum absolute atomic E-state index is 0.150. The molecule has 4 N–H and O–H groups in total. The molecule has 0 saturated heterocycles. The molecule has 0 heterocycles. The highest BCUT2D eigenvalue weighted by Crippen LogP contribution is 2.18. The van der Waals surface area contributed by atoms with Crippen LogP contribution in [-0.2, 0) is 4.79 Å². The SMILES string of the molecule is Cc1cc(NCC(=O)NN)ccc1Cl. The summed E-state index contributed by atoms with van der Waals surface area (Å²) in [7, 11) is 0. The fraction of sp³-hybridized carbons (Fsp3) is 0.222. The van der Waals surface area contributed by atoms with E-state index in [1.165, 1.54) is 0 Å². The molecule has 5 heteroatoms. The highest BCUT2D eigenvalue weighted by atomic mass is 35.5. The number of amides is 1. The highest BCUT2D eigenvalue weighted by molar-refractivity contribution is 6.31. The molecule has 1 amide bonds. The van der Waals surface area contributed by atoms with Gasteiger partial charge in [0.2, 0.25) is 0 Å². The first-order chi connectivity index (χ1) is 6.63. The molecular weight excluding hydrogens is 202 g/mol. The molecule has 1 aromatic rings. The van der Waals surface area contributed by atoms with Crippen LogP contribution in [0.1, 0.15) is 5.56 Å². The third-order valence-electron chi connectivity index (χ3n) is 1.77. The second-order valence-electron chi connectivity index (χ2n) is 2.89. The number of hydrogen-bond acceptors (Lipinski definition) is 3. The number of anilines is 1. The molecule has 0 aliphatic carbocycles. The van der Waals surface area contributed by atoms with E-state index in [-0.39, 0.29) is 12.5 Å². The molecule has 0 spiro atoms. The maximum absolute atomic E-state index is 10.8. The number of hydrogen-bond donors (Lipinski definition) is 3. The lowest BCUT2D eigenvalue weighted by atomic mass is 10.2. The van der Waals surface area contributed by atoms with Crippen molar-refractivity contribution in [2.24, 2.45) is 5.84 Å². The highest BCUT2D eigenvalue weighted by Gasteiger charge is 1.99. The third-order valence-corrected chi connectivity index (χ3v) is 2.20. The van der Waals surface area contributed by atoms with E-state index in [9.17, 15) is 4.79 Å². The molecule has 0 aliphatic rings. The van der Waals surface area contributed by atoms with Crippen molar-refractivity contribution in [1.82, 2.24) is 5.43 Å². The normalized spacial score (nSPS) is 9.64. The van der Waals surface area contributed by atoms with Crippen molar-refractivity contribution < 1.29 is 4.79 Å². The lowest BCUT2D eigenvalue weighted by Crippen LogP contribution is -2.35. The molecule has 14 heavy (non-hydrogen) atoms. The summed E-state index contributed by atoms with van der Waals surface area (Å²) in [6.07, 6.45) is 0. The van der Waals surface area contributed by atoms with Gasteiger partial charge in [0, 0.05) is 10.7 Å². The fourth-order valence-electron chi connectivity index (χ4n) is 0.988. The Kier molecular flexibility index (Phi) is 3.73. The van der Waals surface area contributed by atoms with Gasteiger partial charge in [-0.2, -0.15) is 0 Å². The van der Waals surface area contributed by atoms with Crippen molar-refractivity contribution in [3.63, 3.8) is 0 Å². The quantitative estimate of drug-likeness (QED) is 0.400. The number of nitrogens with two attached hydrogens (primary N) is 1. The van der Waals surface area contributed by atoms with Crippen LogP contribution in [0.15, 0.2) is 18.2 Å². The number of nitrogens with one attached hydrogen (secondary N) is 2. The Balaban J connectivity index is 2.60. The Morgan fingerprint density at radius 1 is 1.57 bits per heavy atom. The van der Waals surface area contributed by atoms with Gasteiger partial charge in [-0.25, -0.2) is 5.84 Å². The first-order valence-electron chi connectivity index (χ1n) is 4.13. The van der Waals surface area contributed by atoms with Crippen molar-refractivity contribution in [2.75, 3.05) is 11.9 Å². The minimum atomic E-state index is -0.266. The van der Waals surface area contributed by atoms with Crippen molar-refractivity contribution in [2.45, 2.75) is 6.92 Å².